The van der Waals surface area contributed by atoms with Crippen molar-refractivity contribution in [1.29, 1.82) is 0 Å². The Morgan fingerprint density at radius 2 is 2.21 bits per heavy atom. The van der Waals surface area contributed by atoms with E-state index < -0.39 is 0 Å². The number of carbonyl (C=O) groups excluding carboxylic acids is 1. The third-order valence-corrected chi connectivity index (χ3v) is 2.10. The maximum atomic E-state index is 11.6. The van der Waals surface area contributed by atoms with E-state index in [0.29, 0.717) is 11.3 Å². The van der Waals surface area contributed by atoms with Crippen molar-refractivity contribution >= 4 is 5.91 Å². The number of furan rings is 1. The van der Waals surface area contributed by atoms with Gasteiger partial charge >= 0.3 is 0 Å². The van der Waals surface area contributed by atoms with Crippen LogP contribution in [0.5, 0.6) is 0 Å². The number of unbranched alkanes of at least 4 members (excludes halogenated alkanes) is 1. The molecule has 0 aliphatic carbocycles. The SMILES string of the molecule is CCCCNC(=O)c1cc(C)oc1C. The first-order valence-corrected chi connectivity index (χ1v) is 5.00. The summed E-state index contributed by atoms with van der Waals surface area (Å²) in [6.45, 7) is 6.48. The van der Waals surface area contributed by atoms with Crippen LogP contribution in [0.1, 0.15) is 41.6 Å². The number of carbonyl (C=O) groups is 1. The standard InChI is InChI=1S/C11H17NO2/c1-4-5-6-12-11(13)10-7-8(2)14-9(10)3/h7H,4-6H2,1-3H3,(H,12,13). The lowest BCUT2D eigenvalue weighted by Gasteiger charge is -2.01. The van der Waals surface area contributed by atoms with Crippen LogP contribution in [0.4, 0.5) is 0 Å². The number of hydrogen-bond acceptors (Lipinski definition) is 2. The molecule has 0 radical (unpaired) electrons. The van der Waals surface area contributed by atoms with Crippen molar-refractivity contribution in [3.63, 3.8) is 0 Å². The molecule has 0 bridgehead atoms. The third-order valence-electron chi connectivity index (χ3n) is 2.10. The molecule has 14 heavy (non-hydrogen) atoms. The van der Waals surface area contributed by atoms with E-state index in [1.165, 1.54) is 0 Å². The highest BCUT2D eigenvalue weighted by Crippen LogP contribution is 2.13. The van der Waals surface area contributed by atoms with Crippen LogP contribution in [0, 0.1) is 13.8 Å². The molecule has 1 rings (SSSR count). The van der Waals surface area contributed by atoms with E-state index >= 15 is 0 Å². The van der Waals surface area contributed by atoms with Crippen molar-refractivity contribution in [1.82, 2.24) is 5.32 Å². The third kappa shape index (κ3) is 2.62. The number of nitrogens with one attached hydrogen (secondary N) is 1. The number of aryl methyl sites for hydroxylation is 2. The molecule has 0 aliphatic rings. The molecule has 3 nitrogen and oxygen atoms in total. The predicted octanol–water partition coefficient (Wildman–Crippen LogP) is 2.43. The van der Waals surface area contributed by atoms with Crippen LogP contribution in [-0.4, -0.2) is 12.5 Å². The lowest BCUT2D eigenvalue weighted by atomic mass is 10.2. The summed E-state index contributed by atoms with van der Waals surface area (Å²) in [4.78, 5) is 11.6. The van der Waals surface area contributed by atoms with Crippen molar-refractivity contribution in [2.24, 2.45) is 0 Å². The van der Waals surface area contributed by atoms with Crippen LogP contribution in [0.2, 0.25) is 0 Å². The first kappa shape index (κ1) is 10.8. The minimum absolute atomic E-state index is 0.0344. The quantitative estimate of drug-likeness (QED) is 0.750. The molecule has 1 aromatic rings. The summed E-state index contributed by atoms with van der Waals surface area (Å²) in [7, 11) is 0. The van der Waals surface area contributed by atoms with Crippen LogP contribution < -0.4 is 5.32 Å². The fraction of sp³-hybridized carbons (Fsp3) is 0.545. The molecule has 0 unspecified atom stereocenters. The fourth-order valence-electron chi connectivity index (χ4n) is 1.33. The highest BCUT2D eigenvalue weighted by atomic mass is 16.3. The van der Waals surface area contributed by atoms with Gasteiger partial charge in [-0.25, -0.2) is 0 Å². The minimum atomic E-state index is -0.0344. The first-order valence-electron chi connectivity index (χ1n) is 5.00. The van der Waals surface area contributed by atoms with Crippen molar-refractivity contribution in [3.8, 4) is 0 Å². The van der Waals surface area contributed by atoms with Gasteiger partial charge in [0, 0.05) is 6.54 Å². The van der Waals surface area contributed by atoms with Crippen LogP contribution in [0.15, 0.2) is 10.5 Å². The Balaban J connectivity index is 2.56. The molecule has 1 N–H and O–H groups in total. The van der Waals surface area contributed by atoms with E-state index in [-0.39, 0.29) is 5.91 Å². The normalized spacial score (nSPS) is 10.2. The molecule has 0 saturated carbocycles. The van der Waals surface area contributed by atoms with Crippen LogP contribution in [0.25, 0.3) is 0 Å². The molecule has 1 heterocycles. The van der Waals surface area contributed by atoms with Crippen LogP contribution >= 0.6 is 0 Å². The highest BCUT2D eigenvalue weighted by Gasteiger charge is 2.12. The first-order chi connectivity index (χ1) is 6.65. The Kier molecular flexibility index (Phi) is 3.74. The molecule has 0 spiro atoms. The molecule has 0 aromatic carbocycles. The molecule has 0 atom stereocenters. The van der Waals surface area contributed by atoms with E-state index in [1.807, 2.05) is 13.8 Å². The second-order valence-corrected chi connectivity index (χ2v) is 3.44. The molecule has 1 amide bonds. The summed E-state index contributed by atoms with van der Waals surface area (Å²) in [6.07, 6.45) is 2.10. The van der Waals surface area contributed by atoms with Gasteiger partial charge < -0.3 is 9.73 Å². The second-order valence-electron chi connectivity index (χ2n) is 3.44. The zero-order valence-electron chi connectivity index (χ0n) is 9.02. The Labute approximate surface area is 84.5 Å². The monoisotopic (exact) mass is 195 g/mol. The molecule has 0 fully saturated rings. The van der Waals surface area contributed by atoms with E-state index in [1.54, 1.807) is 6.07 Å². The summed E-state index contributed by atoms with van der Waals surface area (Å²) >= 11 is 0. The summed E-state index contributed by atoms with van der Waals surface area (Å²) in [5.74, 6) is 1.44. The lowest BCUT2D eigenvalue weighted by Crippen LogP contribution is -2.24. The largest absolute Gasteiger partial charge is 0.466 e. The Bertz CT molecular complexity index is 315. The van der Waals surface area contributed by atoms with E-state index in [9.17, 15) is 4.79 Å². The van der Waals surface area contributed by atoms with Crippen molar-refractivity contribution in [3.05, 3.63) is 23.2 Å². The molecule has 0 aliphatic heterocycles. The molecule has 1 aromatic heterocycles. The van der Waals surface area contributed by atoms with Crippen molar-refractivity contribution < 1.29 is 9.21 Å². The highest BCUT2D eigenvalue weighted by molar-refractivity contribution is 5.95. The van der Waals surface area contributed by atoms with Crippen molar-refractivity contribution in [2.45, 2.75) is 33.6 Å². The summed E-state index contributed by atoms with van der Waals surface area (Å²) < 4.78 is 5.28. The summed E-state index contributed by atoms with van der Waals surface area (Å²) in [5, 5.41) is 2.86. The van der Waals surface area contributed by atoms with Gasteiger partial charge in [-0.15, -0.1) is 0 Å². The zero-order chi connectivity index (χ0) is 10.6. The molecular formula is C11H17NO2. The topological polar surface area (TPSA) is 42.2 Å². The Hall–Kier alpha value is -1.25. The predicted molar refractivity (Wildman–Crippen MR) is 55.4 cm³/mol. The average Bonchev–Trinajstić information content (AvgIpc) is 2.45. The van der Waals surface area contributed by atoms with Gasteiger partial charge in [0.2, 0.25) is 0 Å². The summed E-state index contributed by atoms with van der Waals surface area (Å²) in [6, 6.07) is 1.77. The zero-order valence-corrected chi connectivity index (χ0v) is 9.02. The van der Waals surface area contributed by atoms with Crippen LogP contribution in [-0.2, 0) is 0 Å². The molecule has 0 saturated heterocycles. The van der Waals surface area contributed by atoms with Gasteiger partial charge in [-0.3, -0.25) is 4.79 Å². The number of hydrogen-bond donors (Lipinski definition) is 1. The Morgan fingerprint density at radius 3 is 2.71 bits per heavy atom. The minimum Gasteiger partial charge on any atom is -0.466 e. The van der Waals surface area contributed by atoms with Gasteiger partial charge in [-0.1, -0.05) is 13.3 Å². The van der Waals surface area contributed by atoms with Crippen molar-refractivity contribution in [2.75, 3.05) is 6.54 Å². The van der Waals surface area contributed by atoms with E-state index in [2.05, 4.69) is 12.2 Å². The maximum Gasteiger partial charge on any atom is 0.254 e. The molecule has 3 heteroatoms. The van der Waals surface area contributed by atoms with Gasteiger partial charge in [0.25, 0.3) is 5.91 Å². The van der Waals surface area contributed by atoms with E-state index in [4.69, 9.17) is 4.42 Å². The average molecular weight is 195 g/mol. The number of amides is 1. The van der Waals surface area contributed by atoms with Gasteiger partial charge in [-0.05, 0) is 26.3 Å². The van der Waals surface area contributed by atoms with Gasteiger partial charge in [0.05, 0.1) is 5.56 Å². The lowest BCUT2D eigenvalue weighted by molar-refractivity contribution is 0.0951. The molecule has 78 valence electrons. The van der Waals surface area contributed by atoms with Crippen LogP contribution in [0.3, 0.4) is 0 Å². The van der Waals surface area contributed by atoms with Gasteiger partial charge in [-0.2, -0.15) is 0 Å². The maximum absolute atomic E-state index is 11.6. The Morgan fingerprint density at radius 1 is 1.50 bits per heavy atom. The van der Waals surface area contributed by atoms with Gasteiger partial charge in [0.1, 0.15) is 11.5 Å². The summed E-state index contributed by atoms with van der Waals surface area (Å²) in [5.41, 5.74) is 0.651. The van der Waals surface area contributed by atoms with E-state index in [0.717, 1.165) is 25.1 Å². The van der Waals surface area contributed by atoms with Gasteiger partial charge in [0.15, 0.2) is 0 Å². The second kappa shape index (κ2) is 4.84. The molecular weight excluding hydrogens is 178 g/mol. The smallest absolute Gasteiger partial charge is 0.254 e. The fourth-order valence-corrected chi connectivity index (χ4v) is 1.33. The number of rotatable bonds is 4.